The molecule has 1 atom stereocenters. The molecule has 1 aliphatic rings. The normalized spacial score (nSPS) is 16.6. The average Bonchev–Trinajstić information content (AvgIpc) is 3.07. The van der Waals surface area contributed by atoms with Gasteiger partial charge >= 0.3 is 0 Å². The molecule has 6 nitrogen and oxygen atoms in total. The molecule has 0 aliphatic carbocycles. The Bertz CT molecular complexity index is 678. The molecule has 0 radical (unpaired) electrons. The minimum absolute atomic E-state index is 0.0601. The molecule has 6 heteroatoms. The first-order chi connectivity index (χ1) is 12.1. The van der Waals surface area contributed by atoms with Crippen LogP contribution in [0.1, 0.15) is 16.1 Å². The van der Waals surface area contributed by atoms with Crippen molar-refractivity contribution in [3.63, 3.8) is 0 Å². The molecule has 1 amide bonds. The van der Waals surface area contributed by atoms with Crippen molar-refractivity contribution in [3.05, 3.63) is 54.0 Å². The summed E-state index contributed by atoms with van der Waals surface area (Å²) in [7, 11) is 0. The summed E-state index contributed by atoms with van der Waals surface area (Å²) in [5, 5.41) is 10.2. The fourth-order valence-corrected chi connectivity index (χ4v) is 2.93. The zero-order valence-electron chi connectivity index (χ0n) is 14.4. The summed E-state index contributed by atoms with van der Waals surface area (Å²) in [4.78, 5) is 16.4. The molecule has 1 aromatic carbocycles. The fourth-order valence-electron chi connectivity index (χ4n) is 2.93. The van der Waals surface area contributed by atoms with Gasteiger partial charge in [0.05, 0.1) is 6.26 Å². The molecule has 1 aromatic heterocycles. The predicted octanol–water partition coefficient (Wildman–Crippen LogP) is 1.79. The highest BCUT2D eigenvalue weighted by Crippen LogP contribution is 2.14. The number of carbonyl (C=O) groups is 1. The summed E-state index contributed by atoms with van der Waals surface area (Å²) in [6.07, 6.45) is 0.983. The van der Waals surface area contributed by atoms with Gasteiger partial charge in [-0.3, -0.25) is 9.69 Å². The Balaban J connectivity index is 1.41. The van der Waals surface area contributed by atoms with E-state index in [1.807, 2.05) is 37.3 Å². The van der Waals surface area contributed by atoms with Crippen LogP contribution < -0.4 is 4.74 Å². The molecule has 0 bridgehead atoms. The topological polar surface area (TPSA) is 66.2 Å². The molecule has 1 aliphatic heterocycles. The highest BCUT2D eigenvalue weighted by molar-refractivity contribution is 5.92. The monoisotopic (exact) mass is 344 g/mol. The van der Waals surface area contributed by atoms with E-state index in [-0.39, 0.29) is 12.5 Å². The highest BCUT2D eigenvalue weighted by Gasteiger charge is 2.25. The van der Waals surface area contributed by atoms with E-state index < -0.39 is 6.10 Å². The number of hydrogen-bond acceptors (Lipinski definition) is 5. The molecular weight excluding hydrogens is 320 g/mol. The van der Waals surface area contributed by atoms with Crippen LogP contribution in [0.25, 0.3) is 0 Å². The van der Waals surface area contributed by atoms with Gasteiger partial charge in [0.2, 0.25) is 0 Å². The van der Waals surface area contributed by atoms with E-state index in [1.54, 1.807) is 17.2 Å². The van der Waals surface area contributed by atoms with Gasteiger partial charge in [-0.1, -0.05) is 18.2 Å². The lowest BCUT2D eigenvalue weighted by Crippen LogP contribution is -2.51. The van der Waals surface area contributed by atoms with Crippen LogP contribution in [0, 0.1) is 6.92 Å². The SMILES string of the molecule is Cc1ccoc1C(=O)N1CCN(CC(O)COc2ccccc2)CC1. The fraction of sp³-hybridized carbons (Fsp3) is 0.421. The summed E-state index contributed by atoms with van der Waals surface area (Å²) >= 11 is 0. The number of nitrogens with zero attached hydrogens (tertiary/aromatic N) is 2. The Labute approximate surface area is 147 Å². The van der Waals surface area contributed by atoms with Crippen molar-refractivity contribution in [3.8, 4) is 5.75 Å². The van der Waals surface area contributed by atoms with Crippen molar-refractivity contribution in [2.24, 2.45) is 0 Å². The molecule has 0 saturated carbocycles. The second-order valence-electron chi connectivity index (χ2n) is 6.30. The van der Waals surface area contributed by atoms with E-state index >= 15 is 0 Å². The molecule has 0 spiro atoms. The Morgan fingerprint density at radius 3 is 2.56 bits per heavy atom. The van der Waals surface area contributed by atoms with Crippen molar-refractivity contribution in [2.45, 2.75) is 13.0 Å². The van der Waals surface area contributed by atoms with Crippen molar-refractivity contribution < 1.29 is 19.1 Å². The average molecular weight is 344 g/mol. The van der Waals surface area contributed by atoms with Gasteiger partial charge in [0.25, 0.3) is 5.91 Å². The maximum Gasteiger partial charge on any atom is 0.289 e. The number of aryl methyl sites for hydroxylation is 1. The summed E-state index contributed by atoms with van der Waals surface area (Å²) in [6, 6.07) is 11.3. The van der Waals surface area contributed by atoms with Gasteiger partial charge in [-0.25, -0.2) is 0 Å². The van der Waals surface area contributed by atoms with Gasteiger partial charge in [-0.2, -0.15) is 0 Å². The minimum Gasteiger partial charge on any atom is -0.491 e. The Morgan fingerprint density at radius 2 is 1.92 bits per heavy atom. The zero-order valence-corrected chi connectivity index (χ0v) is 14.4. The zero-order chi connectivity index (χ0) is 17.6. The van der Waals surface area contributed by atoms with E-state index in [0.717, 1.165) is 24.4 Å². The molecule has 25 heavy (non-hydrogen) atoms. The second-order valence-corrected chi connectivity index (χ2v) is 6.30. The number of aliphatic hydroxyl groups is 1. The third kappa shape index (κ3) is 4.61. The van der Waals surface area contributed by atoms with E-state index in [9.17, 15) is 9.90 Å². The van der Waals surface area contributed by atoms with Crippen LogP contribution in [0.5, 0.6) is 5.75 Å². The number of benzene rings is 1. The molecule has 1 saturated heterocycles. The number of amides is 1. The molecule has 1 fully saturated rings. The lowest BCUT2D eigenvalue weighted by Gasteiger charge is -2.35. The number of carbonyl (C=O) groups excluding carboxylic acids is 1. The number of β-amino-alcohol motifs (C(OH)–C–C–N with tert-alkyl or cyclic N) is 1. The van der Waals surface area contributed by atoms with Crippen LogP contribution in [0.15, 0.2) is 47.1 Å². The van der Waals surface area contributed by atoms with Gasteiger partial charge in [0, 0.05) is 38.3 Å². The third-order valence-electron chi connectivity index (χ3n) is 4.37. The third-order valence-corrected chi connectivity index (χ3v) is 4.37. The van der Waals surface area contributed by atoms with Crippen LogP contribution in [-0.2, 0) is 0 Å². The van der Waals surface area contributed by atoms with Crippen LogP contribution in [0.3, 0.4) is 0 Å². The molecule has 2 heterocycles. The largest absolute Gasteiger partial charge is 0.491 e. The van der Waals surface area contributed by atoms with E-state index in [2.05, 4.69) is 4.90 Å². The van der Waals surface area contributed by atoms with Gasteiger partial charge in [-0.15, -0.1) is 0 Å². The maximum absolute atomic E-state index is 12.4. The summed E-state index contributed by atoms with van der Waals surface area (Å²) in [6.45, 7) is 5.39. The lowest BCUT2D eigenvalue weighted by molar-refractivity contribution is 0.0389. The van der Waals surface area contributed by atoms with Crippen LogP contribution in [-0.4, -0.2) is 66.2 Å². The van der Waals surface area contributed by atoms with Crippen molar-refractivity contribution in [2.75, 3.05) is 39.3 Å². The maximum atomic E-state index is 12.4. The van der Waals surface area contributed by atoms with Gasteiger partial charge < -0.3 is 19.2 Å². The number of hydrogen-bond donors (Lipinski definition) is 1. The molecule has 1 unspecified atom stereocenters. The van der Waals surface area contributed by atoms with Crippen molar-refractivity contribution in [1.29, 1.82) is 0 Å². The van der Waals surface area contributed by atoms with E-state index in [0.29, 0.717) is 25.4 Å². The van der Waals surface area contributed by atoms with Crippen molar-refractivity contribution >= 4 is 5.91 Å². The first kappa shape index (κ1) is 17.5. The molecule has 1 N–H and O–H groups in total. The number of piperazine rings is 1. The van der Waals surface area contributed by atoms with Crippen LogP contribution in [0.2, 0.25) is 0 Å². The van der Waals surface area contributed by atoms with E-state index in [1.165, 1.54) is 0 Å². The molecule has 134 valence electrons. The minimum atomic E-state index is -0.560. The van der Waals surface area contributed by atoms with Crippen molar-refractivity contribution in [1.82, 2.24) is 9.80 Å². The van der Waals surface area contributed by atoms with Gasteiger partial charge in [0.1, 0.15) is 18.5 Å². The Hall–Kier alpha value is -2.31. The van der Waals surface area contributed by atoms with Gasteiger partial charge in [0.15, 0.2) is 5.76 Å². The van der Waals surface area contributed by atoms with Crippen LogP contribution in [0.4, 0.5) is 0 Å². The number of ether oxygens (including phenoxy) is 1. The summed E-state index contributed by atoms with van der Waals surface area (Å²) < 4.78 is 10.9. The Kier molecular flexibility index (Phi) is 5.73. The smallest absolute Gasteiger partial charge is 0.289 e. The first-order valence-electron chi connectivity index (χ1n) is 8.55. The number of furan rings is 1. The summed E-state index contributed by atoms with van der Waals surface area (Å²) in [5.41, 5.74) is 0.862. The summed E-state index contributed by atoms with van der Waals surface area (Å²) in [5.74, 6) is 1.12. The number of rotatable bonds is 6. The highest BCUT2D eigenvalue weighted by atomic mass is 16.5. The number of aliphatic hydroxyl groups excluding tert-OH is 1. The number of para-hydroxylation sites is 1. The first-order valence-corrected chi connectivity index (χ1v) is 8.55. The quantitative estimate of drug-likeness (QED) is 0.865. The molecular formula is C19H24N2O4. The second kappa shape index (κ2) is 8.18. The molecule has 3 rings (SSSR count). The standard InChI is InChI=1S/C19H24N2O4/c1-15-7-12-24-18(15)19(23)21-10-8-20(9-11-21)13-16(22)14-25-17-5-3-2-4-6-17/h2-7,12,16,22H,8-11,13-14H2,1H3. The predicted molar refractivity (Wildman–Crippen MR) is 93.7 cm³/mol. The molecule has 2 aromatic rings. The van der Waals surface area contributed by atoms with Gasteiger partial charge in [-0.05, 0) is 25.1 Å². The Morgan fingerprint density at radius 1 is 1.20 bits per heavy atom. The van der Waals surface area contributed by atoms with Crippen LogP contribution >= 0.6 is 0 Å². The lowest BCUT2D eigenvalue weighted by atomic mass is 10.2. The van der Waals surface area contributed by atoms with E-state index in [4.69, 9.17) is 9.15 Å².